The van der Waals surface area contributed by atoms with Crippen LogP contribution in [0.4, 0.5) is 59.3 Å². The van der Waals surface area contributed by atoms with E-state index in [-0.39, 0.29) is 21.4 Å². The fraction of sp³-hybridized carbons (Fsp3) is 0.519. The SMILES string of the molecule is CNC(=O)O[C@H](C(=O)NN(Cc1c(F)cc(-c2cnn(C(F)F)c2)cc1F)C[C@H](O)[C@H](Cc1ccc(C#Cc2cnc(N3C[C@@H]4CC[C@@H](C3)N4C3COC3)cc2C)cc1)NC(=O)[C@@H](NC(=O)OC)C(C)(C)C(F)(F)F)C(C)(C)C(F)(F)F. The number of nitrogens with zero attached hydrogens (tertiary/aromatic N) is 6. The number of amides is 4. The number of alkyl halides is 8. The Kier molecular flexibility index (Phi) is 19.1. The number of pyridine rings is 1. The average molecular weight is 1170 g/mol. The molecule has 2 aromatic heterocycles. The summed E-state index contributed by atoms with van der Waals surface area (Å²) in [5, 5.41) is 22.1. The molecule has 6 atom stereocenters. The van der Waals surface area contributed by atoms with Gasteiger partial charge in [0.15, 0.2) is 6.10 Å². The van der Waals surface area contributed by atoms with E-state index >= 15 is 8.78 Å². The number of benzene rings is 2. The molecular weight excluding hydrogens is 1110 g/mol. The molecule has 0 radical (unpaired) electrons. The molecule has 0 saturated carbocycles. The second-order valence-corrected chi connectivity index (χ2v) is 21.4. The van der Waals surface area contributed by atoms with Crippen molar-refractivity contribution in [1.82, 2.24) is 46.0 Å². The number of rotatable bonds is 19. The Hall–Kier alpha value is -7.22. The first-order chi connectivity index (χ1) is 38.4. The summed E-state index contributed by atoms with van der Waals surface area (Å²) >= 11 is 0. The lowest BCUT2D eigenvalue weighted by Gasteiger charge is -2.48. The van der Waals surface area contributed by atoms with E-state index in [1.54, 1.807) is 18.3 Å². The van der Waals surface area contributed by atoms with Crippen LogP contribution in [0.25, 0.3) is 11.1 Å². The third kappa shape index (κ3) is 14.2. The number of methoxy groups -OCH3 is 1. The van der Waals surface area contributed by atoms with Gasteiger partial charge in [0, 0.05) is 80.0 Å². The van der Waals surface area contributed by atoms with Gasteiger partial charge < -0.3 is 40.2 Å². The summed E-state index contributed by atoms with van der Waals surface area (Å²) in [6, 6.07) is 6.46. The Bertz CT molecular complexity index is 2980. The van der Waals surface area contributed by atoms with Crippen molar-refractivity contribution >= 4 is 29.8 Å². The number of aromatic nitrogens is 3. The maximum Gasteiger partial charge on any atom is 0.407 e. The van der Waals surface area contributed by atoms with Crippen LogP contribution in [0.5, 0.6) is 0 Å². The fourth-order valence-corrected chi connectivity index (χ4v) is 9.81. The van der Waals surface area contributed by atoms with Crippen LogP contribution in [0.2, 0.25) is 0 Å². The molecule has 0 spiro atoms. The molecule has 82 heavy (non-hydrogen) atoms. The number of carbonyl (C=O) groups is 4. The number of hydrogen-bond donors (Lipinski definition) is 5. The van der Waals surface area contributed by atoms with Crippen molar-refractivity contribution in [3.63, 3.8) is 0 Å². The van der Waals surface area contributed by atoms with Crippen molar-refractivity contribution < 1.29 is 82.4 Å². The number of aryl methyl sites for hydroxylation is 1. The van der Waals surface area contributed by atoms with Crippen LogP contribution >= 0.6 is 0 Å². The van der Waals surface area contributed by atoms with Gasteiger partial charge in [-0.25, -0.2) is 33.0 Å². The molecule has 446 valence electrons. The van der Waals surface area contributed by atoms with E-state index < -0.39 is 115 Å². The van der Waals surface area contributed by atoms with Gasteiger partial charge in [0.1, 0.15) is 28.9 Å². The minimum Gasteiger partial charge on any atom is -0.453 e. The van der Waals surface area contributed by atoms with Crippen molar-refractivity contribution in [2.24, 2.45) is 10.8 Å². The predicted octanol–water partition coefficient (Wildman–Crippen LogP) is 6.93. The molecule has 2 bridgehead atoms. The normalized spacial score (nSPS) is 18.4. The van der Waals surface area contributed by atoms with Crippen LogP contribution in [0, 0.1) is 41.2 Å². The van der Waals surface area contributed by atoms with Crippen LogP contribution in [0.3, 0.4) is 0 Å². The fourth-order valence-electron chi connectivity index (χ4n) is 9.81. The van der Waals surface area contributed by atoms with Gasteiger partial charge >= 0.3 is 31.1 Å². The number of nitrogens with one attached hydrogen (secondary N) is 4. The number of ether oxygens (including phenoxy) is 3. The molecule has 3 saturated heterocycles. The highest BCUT2D eigenvalue weighted by Crippen LogP contribution is 2.43. The highest BCUT2D eigenvalue weighted by atomic mass is 19.4. The highest BCUT2D eigenvalue weighted by Gasteiger charge is 2.58. The molecule has 4 aromatic rings. The summed E-state index contributed by atoms with van der Waals surface area (Å²) in [5.41, 5.74) is -3.42. The molecular formula is C54H62F10N10O8. The zero-order chi connectivity index (χ0) is 60.2. The maximum absolute atomic E-state index is 16.1. The van der Waals surface area contributed by atoms with E-state index in [4.69, 9.17) is 14.5 Å². The molecule has 5 N–H and O–H groups in total. The summed E-state index contributed by atoms with van der Waals surface area (Å²) in [4.78, 5) is 62.5. The van der Waals surface area contributed by atoms with Gasteiger partial charge in [-0.2, -0.15) is 40.2 Å². The van der Waals surface area contributed by atoms with Crippen LogP contribution in [-0.4, -0.2) is 156 Å². The van der Waals surface area contributed by atoms with E-state index in [0.717, 1.165) is 77.1 Å². The summed E-state index contributed by atoms with van der Waals surface area (Å²) in [6.45, 7) is 1.86. The maximum atomic E-state index is 16.1. The van der Waals surface area contributed by atoms with E-state index in [2.05, 4.69) is 36.8 Å². The summed E-state index contributed by atoms with van der Waals surface area (Å²) in [6.07, 6.45) is -13.3. The van der Waals surface area contributed by atoms with Crippen LogP contribution in [0.1, 0.15) is 74.9 Å². The van der Waals surface area contributed by atoms with Crippen molar-refractivity contribution in [2.75, 3.05) is 51.9 Å². The van der Waals surface area contributed by atoms with Gasteiger partial charge in [-0.3, -0.25) is 19.9 Å². The first kappa shape index (κ1) is 62.4. The lowest BCUT2D eigenvalue weighted by molar-refractivity contribution is -0.239. The van der Waals surface area contributed by atoms with Gasteiger partial charge in [0.25, 0.3) is 5.91 Å². The molecule has 3 fully saturated rings. The van der Waals surface area contributed by atoms with Gasteiger partial charge in [0.05, 0.1) is 50.1 Å². The van der Waals surface area contributed by atoms with Crippen LogP contribution in [-0.2, 0) is 36.8 Å². The van der Waals surface area contributed by atoms with E-state index in [1.807, 2.05) is 29.0 Å². The smallest absolute Gasteiger partial charge is 0.407 e. The number of carbonyl (C=O) groups excluding carboxylic acids is 4. The molecule has 2 aromatic carbocycles. The van der Waals surface area contributed by atoms with Gasteiger partial charge in [-0.05, 0) is 101 Å². The molecule has 0 aliphatic carbocycles. The Morgan fingerprint density at radius 2 is 1.46 bits per heavy atom. The Balaban J connectivity index is 1.19. The number of hydrazine groups is 1. The highest BCUT2D eigenvalue weighted by molar-refractivity contribution is 5.87. The van der Waals surface area contributed by atoms with E-state index in [1.165, 1.54) is 12.1 Å². The first-order valence-corrected chi connectivity index (χ1v) is 25.8. The molecule has 28 heteroatoms. The van der Waals surface area contributed by atoms with Crippen LogP contribution in [0.15, 0.2) is 61.1 Å². The summed E-state index contributed by atoms with van der Waals surface area (Å²) in [7, 11) is 1.79. The standard InChI is InChI=1S/C54H62F10N10O8/c1-29-16-43(71-23-35-14-15-36(24-71)74(35)37-27-81-28-37)66-20-32(29)13-12-30-8-10-31(11-9-30)17-41(68-46(76)44(69-50(79)80-7)51(2,3)53(59,60)61)42(75)26-72(70-47(77)45(82-49(78)65-6)52(4,5)54(62,63)64)25-38-39(55)18-33(19-40(38)56)34-21-67-73(22-34)48(57)58/h8-11,16,18-22,35-37,41-42,44-45,48,75H,14-15,17,23-28H2,1-7H3,(H,65,78)(H,68,76)(H,69,79)(H,70,77)/t35-,36-,41-,42-,44+,45+/m0/s1. The van der Waals surface area contributed by atoms with Crippen molar-refractivity contribution in [2.45, 2.75) is 122 Å². The van der Waals surface area contributed by atoms with Gasteiger partial charge in [0.2, 0.25) is 5.91 Å². The van der Waals surface area contributed by atoms with Crippen molar-refractivity contribution in [1.29, 1.82) is 0 Å². The lowest BCUT2D eigenvalue weighted by Crippen LogP contribution is -2.62. The number of fused-ring (bicyclic) bond motifs is 2. The summed E-state index contributed by atoms with van der Waals surface area (Å²) in [5.74, 6) is 0.851. The van der Waals surface area contributed by atoms with E-state index in [9.17, 15) is 59.4 Å². The number of anilines is 1. The number of aliphatic hydroxyl groups excluding tert-OH is 1. The number of halogens is 10. The largest absolute Gasteiger partial charge is 0.453 e. The Morgan fingerprint density at radius 3 is 1.99 bits per heavy atom. The second kappa shape index (κ2) is 25.1. The predicted molar refractivity (Wildman–Crippen MR) is 274 cm³/mol. The summed E-state index contributed by atoms with van der Waals surface area (Å²) < 4.78 is 161. The number of piperazine rings is 1. The number of hydrogen-bond acceptors (Lipinski definition) is 13. The molecule has 18 nitrogen and oxygen atoms in total. The quantitative estimate of drug-likeness (QED) is 0.0368. The molecule has 3 aliphatic heterocycles. The second-order valence-electron chi connectivity index (χ2n) is 21.4. The number of aliphatic hydroxyl groups is 1. The third-order valence-corrected chi connectivity index (χ3v) is 15.1. The average Bonchev–Trinajstić information content (AvgIpc) is 3.00. The van der Waals surface area contributed by atoms with Gasteiger partial charge in [-0.15, -0.1) is 0 Å². The third-order valence-electron chi connectivity index (χ3n) is 15.1. The Labute approximate surface area is 465 Å². The minimum absolute atomic E-state index is 0.176. The molecule has 3 aliphatic rings. The van der Waals surface area contributed by atoms with E-state index in [0.29, 0.717) is 74.1 Å². The zero-order valence-corrected chi connectivity index (χ0v) is 45.5. The molecule has 7 rings (SSSR count). The monoisotopic (exact) mass is 1170 g/mol. The lowest BCUT2D eigenvalue weighted by atomic mass is 9.82. The molecule has 4 amide bonds. The van der Waals surface area contributed by atoms with Gasteiger partial charge in [-0.1, -0.05) is 24.0 Å². The first-order valence-electron chi connectivity index (χ1n) is 25.8. The molecule has 0 unspecified atom stereocenters. The topological polar surface area (TPSA) is 205 Å². The minimum atomic E-state index is -5.27. The van der Waals surface area contributed by atoms with Crippen molar-refractivity contribution in [3.05, 3.63) is 101 Å². The Morgan fingerprint density at radius 1 is 0.841 bits per heavy atom. The van der Waals surface area contributed by atoms with Crippen LogP contribution < -0.4 is 26.3 Å². The van der Waals surface area contributed by atoms with Crippen molar-refractivity contribution in [3.8, 4) is 23.0 Å². The number of alkyl carbamates (subject to hydrolysis) is 2. The zero-order valence-electron chi connectivity index (χ0n) is 45.5. The molecule has 5 heterocycles.